The van der Waals surface area contributed by atoms with Gasteiger partial charge in [0.25, 0.3) is 0 Å². The first-order valence-corrected chi connectivity index (χ1v) is 3.55. The van der Waals surface area contributed by atoms with E-state index in [1.54, 1.807) is 6.08 Å². The van der Waals surface area contributed by atoms with Gasteiger partial charge in [-0.25, -0.2) is 0 Å². The molecule has 0 N–H and O–H groups in total. The van der Waals surface area contributed by atoms with Crippen LogP contribution < -0.4 is 0 Å². The fourth-order valence-corrected chi connectivity index (χ4v) is 1.21. The Kier molecular flexibility index (Phi) is 2.04. The Morgan fingerprint density at radius 2 is 2.56 bits per heavy atom. The number of ketones is 1. The quantitative estimate of drug-likeness (QED) is 0.549. The van der Waals surface area contributed by atoms with Gasteiger partial charge in [-0.2, -0.15) is 0 Å². The Balaban J connectivity index is 2.37. The standard InChI is InChI=1S/C8H12O/c1-2-4-7-5-3-6-8(7)9/h3,6-7H,2,4-5H2,1H3. The first-order chi connectivity index (χ1) is 4.34. The molecule has 0 amide bonds. The molecule has 1 heteroatoms. The highest BCUT2D eigenvalue weighted by atomic mass is 16.1. The zero-order valence-corrected chi connectivity index (χ0v) is 5.76. The molecule has 0 aromatic rings. The van der Waals surface area contributed by atoms with Crippen LogP contribution in [0.5, 0.6) is 0 Å². The number of carbonyl (C=O) groups is 1. The molecule has 0 saturated heterocycles. The van der Waals surface area contributed by atoms with Crippen LogP contribution in [0.2, 0.25) is 0 Å². The van der Waals surface area contributed by atoms with Gasteiger partial charge in [0.2, 0.25) is 0 Å². The summed E-state index contributed by atoms with van der Waals surface area (Å²) in [5.41, 5.74) is 0. The third-order valence-electron chi connectivity index (χ3n) is 1.74. The van der Waals surface area contributed by atoms with Crippen LogP contribution in [-0.4, -0.2) is 5.78 Å². The van der Waals surface area contributed by atoms with Crippen LogP contribution >= 0.6 is 0 Å². The molecule has 1 rings (SSSR count). The zero-order valence-electron chi connectivity index (χ0n) is 5.76. The second kappa shape index (κ2) is 2.81. The van der Waals surface area contributed by atoms with Gasteiger partial charge in [-0.3, -0.25) is 4.79 Å². The second-order valence-electron chi connectivity index (χ2n) is 2.53. The third kappa shape index (κ3) is 1.41. The van der Waals surface area contributed by atoms with Gasteiger partial charge in [-0.05, 0) is 18.9 Å². The molecule has 1 aliphatic rings. The van der Waals surface area contributed by atoms with Crippen LogP contribution in [-0.2, 0) is 4.79 Å². The lowest BCUT2D eigenvalue weighted by Gasteiger charge is -2.02. The van der Waals surface area contributed by atoms with Crippen LogP contribution in [0.25, 0.3) is 0 Å². The number of hydrogen-bond acceptors (Lipinski definition) is 1. The van der Waals surface area contributed by atoms with Crippen LogP contribution in [0.4, 0.5) is 0 Å². The van der Waals surface area contributed by atoms with Gasteiger partial charge < -0.3 is 0 Å². The molecule has 0 heterocycles. The molecule has 0 radical (unpaired) electrons. The maximum atomic E-state index is 10.9. The molecule has 0 spiro atoms. The van der Waals surface area contributed by atoms with E-state index in [9.17, 15) is 4.79 Å². The second-order valence-corrected chi connectivity index (χ2v) is 2.53. The first-order valence-electron chi connectivity index (χ1n) is 3.55. The molecule has 1 aliphatic carbocycles. The minimum Gasteiger partial charge on any atom is -0.295 e. The van der Waals surface area contributed by atoms with E-state index in [1.165, 1.54) is 0 Å². The van der Waals surface area contributed by atoms with Crippen molar-refractivity contribution in [1.29, 1.82) is 0 Å². The summed E-state index contributed by atoms with van der Waals surface area (Å²) in [4.78, 5) is 10.9. The topological polar surface area (TPSA) is 17.1 Å². The highest BCUT2D eigenvalue weighted by Gasteiger charge is 2.17. The monoisotopic (exact) mass is 124 g/mol. The third-order valence-corrected chi connectivity index (χ3v) is 1.74. The molecular formula is C8H12O. The van der Waals surface area contributed by atoms with E-state index in [-0.39, 0.29) is 0 Å². The Labute approximate surface area is 55.8 Å². The van der Waals surface area contributed by atoms with Crippen molar-refractivity contribution in [3.63, 3.8) is 0 Å². The summed E-state index contributed by atoms with van der Waals surface area (Å²) in [6, 6.07) is 0. The Hall–Kier alpha value is -0.590. The lowest BCUT2D eigenvalue weighted by Crippen LogP contribution is -2.04. The van der Waals surface area contributed by atoms with Gasteiger partial charge >= 0.3 is 0 Å². The number of rotatable bonds is 2. The maximum absolute atomic E-state index is 10.9. The van der Waals surface area contributed by atoms with Gasteiger partial charge in [0.15, 0.2) is 5.78 Å². The lowest BCUT2D eigenvalue weighted by molar-refractivity contribution is -0.117. The van der Waals surface area contributed by atoms with E-state index < -0.39 is 0 Å². The van der Waals surface area contributed by atoms with Crippen molar-refractivity contribution in [2.24, 2.45) is 5.92 Å². The van der Waals surface area contributed by atoms with Crippen molar-refractivity contribution in [1.82, 2.24) is 0 Å². The summed E-state index contributed by atoms with van der Waals surface area (Å²) < 4.78 is 0. The van der Waals surface area contributed by atoms with Crippen molar-refractivity contribution in [2.45, 2.75) is 26.2 Å². The summed E-state index contributed by atoms with van der Waals surface area (Å²) >= 11 is 0. The molecule has 50 valence electrons. The van der Waals surface area contributed by atoms with Gasteiger partial charge in [0.1, 0.15) is 0 Å². The molecule has 9 heavy (non-hydrogen) atoms. The predicted molar refractivity (Wildman–Crippen MR) is 37.2 cm³/mol. The average Bonchev–Trinajstić information content (AvgIpc) is 2.18. The summed E-state index contributed by atoms with van der Waals surface area (Å²) in [6.07, 6.45) is 6.85. The molecule has 0 saturated carbocycles. The Bertz CT molecular complexity index is 136. The van der Waals surface area contributed by atoms with E-state index in [1.807, 2.05) is 6.08 Å². The predicted octanol–water partition coefficient (Wildman–Crippen LogP) is 1.93. The van der Waals surface area contributed by atoms with E-state index in [2.05, 4.69) is 6.92 Å². The maximum Gasteiger partial charge on any atom is 0.158 e. The van der Waals surface area contributed by atoms with Crippen LogP contribution in [0.1, 0.15) is 26.2 Å². The largest absolute Gasteiger partial charge is 0.295 e. The highest BCUT2D eigenvalue weighted by Crippen LogP contribution is 2.18. The van der Waals surface area contributed by atoms with Crippen LogP contribution in [0, 0.1) is 5.92 Å². The fraction of sp³-hybridized carbons (Fsp3) is 0.625. The lowest BCUT2D eigenvalue weighted by atomic mass is 10.0. The van der Waals surface area contributed by atoms with Crippen LogP contribution in [0.15, 0.2) is 12.2 Å². The van der Waals surface area contributed by atoms with E-state index in [4.69, 9.17) is 0 Å². The SMILES string of the molecule is CCCC1CC=CC1=O. The molecule has 0 fully saturated rings. The molecule has 0 bridgehead atoms. The summed E-state index contributed by atoms with van der Waals surface area (Å²) in [6.45, 7) is 2.12. The smallest absolute Gasteiger partial charge is 0.158 e. The van der Waals surface area contributed by atoms with Crippen LogP contribution in [0.3, 0.4) is 0 Å². The Morgan fingerprint density at radius 1 is 1.78 bits per heavy atom. The van der Waals surface area contributed by atoms with Gasteiger partial charge in [-0.15, -0.1) is 0 Å². The summed E-state index contributed by atoms with van der Waals surface area (Å²) in [7, 11) is 0. The molecule has 0 aliphatic heterocycles. The number of carbonyl (C=O) groups excluding carboxylic acids is 1. The van der Waals surface area contributed by atoms with Gasteiger partial charge in [0.05, 0.1) is 0 Å². The fourth-order valence-electron chi connectivity index (χ4n) is 1.21. The highest BCUT2D eigenvalue weighted by molar-refractivity contribution is 5.93. The molecule has 1 unspecified atom stereocenters. The Morgan fingerprint density at radius 3 is 3.00 bits per heavy atom. The van der Waals surface area contributed by atoms with Crippen molar-refractivity contribution >= 4 is 5.78 Å². The van der Waals surface area contributed by atoms with Crippen molar-refractivity contribution in [2.75, 3.05) is 0 Å². The normalized spacial score (nSPS) is 25.4. The van der Waals surface area contributed by atoms with E-state index in [0.29, 0.717) is 11.7 Å². The van der Waals surface area contributed by atoms with E-state index >= 15 is 0 Å². The minimum absolute atomic E-state index is 0.329. The molecule has 1 nitrogen and oxygen atoms in total. The van der Waals surface area contributed by atoms with Gasteiger partial charge in [0, 0.05) is 5.92 Å². The van der Waals surface area contributed by atoms with Crippen molar-refractivity contribution in [3.8, 4) is 0 Å². The summed E-state index contributed by atoms with van der Waals surface area (Å²) in [5, 5.41) is 0. The number of allylic oxidation sites excluding steroid dienone is 2. The average molecular weight is 124 g/mol. The molecule has 0 aromatic carbocycles. The van der Waals surface area contributed by atoms with E-state index in [0.717, 1.165) is 19.3 Å². The molecule has 0 aromatic heterocycles. The first kappa shape index (κ1) is 6.53. The summed E-state index contributed by atoms with van der Waals surface area (Å²) in [5.74, 6) is 0.659. The zero-order chi connectivity index (χ0) is 6.69. The van der Waals surface area contributed by atoms with Crippen molar-refractivity contribution in [3.05, 3.63) is 12.2 Å². The van der Waals surface area contributed by atoms with Crippen molar-refractivity contribution < 1.29 is 4.79 Å². The van der Waals surface area contributed by atoms with Gasteiger partial charge in [-0.1, -0.05) is 19.4 Å². The number of hydrogen-bond donors (Lipinski definition) is 0. The molecular weight excluding hydrogens is 112 g/mol. The minimum atomic E-state index is 0.329. The molecule has 1 atom stereocenters.